The fraction of sp³-hybridized carbons (Fsp3) is 0.300. The van der Waals surface area contributed by atoms with Gasteiger partial charge in [-0.1, -0.05) is 0 Å². The van der Waals surface area contributed by atoms with Gasteiger partial charge in [0.2, 0.25) is 0 Å². The Hall–Kier alpha value is 0.0500. The first-order valence-corrected chi connectivity index (χ1v) is 4.88. The molecular weight excluding hydrogens is 365 g/mol. The van der Waals surface area contributed by atoms with Crippen LogP contribution >= 0.6 is 0 Å². The summed E-state index contributed by atoms with van der Waals surface area (Å²) >= 11 is 0. The minimum atomic E-state index is -2.97. The number of carboxylic acid groups (broad SMARTS) is 5. The molecule has 11 nitrogen and oxygen atoms in total. The SMILES string of the molecule is O=C(O)C=CC(=O)O.O=C([O-])CC(O)(CC(=O)[O-])C(=O)[O-].[Na+].[Na+].[Na+]. The summed E-state index contributed by atoms with van der Waals surface area (Å²) in [6.45, 7) is 0. The van der Waals surface area contributed by atoms with Gasteiger partial charge in [0.1, 0.15) is 5.60 Å². The maximum atomic E-state index is 10.1. The Kier molecular flexibility index (Phi) is 26.2. The molecule has 24 heavy (non-hydrogen) atoms. The molecule has 0 unspecified atom stereocenters. The smallest absolute Gasteiger partial charge is 0.550 e. The van der Waals surface area contributed by atoms with Crippen LogP contribution in [0.2, 0.25) is 0 Å². The number of carboxylic acids is 5. The van der Waals surface area contributed by atoms with Crippen LogP contribution in [-0.4, -0.2) is 50.8 Å². The van der Waals surface area contributed by atoms with Gasteiger partial charge in [-0.05, 0) is 0 Å². The van der Waals surface area contributed by atoms with Gasteiger partial charge in [0.25, 0.3) is 0 Å². The molecule has 0 aromatic carbocycles. The first-order chi connectivity index (χ1) is 9.40. The van der Waals surface area contributed by atoms with E-state index in [1.165, 1.54) is 0 Å². The molecule has 14 heteroatoms. The third-order valence-corrected chi connectivity index (χ3v) is 1.62. The molecule has 3 N–H and O–H groups in total. The van der Waals surface area contributed by atoms with Gasteiger partial charge in [0.15, 0.2) is 0 Å². The van der Waals surface area contributed by atoms with Gasteiger partial charge in [-0.25, -0.2) is 9.59 Å². The number of hydrogen-bond donors (Lipinski definition) is 3. The van der Waals surface area contributed by atoms with Crippen molar-refractivity contribution >= 4 is 29.8 Å². The predicted molar refractivity (Wildman–Crippen MR) is 53.6 cm³/mol. The Morgan fingerprint density at radius 2 is 1.00 bits per heavy atom. The molecule has 0 bridgehead atoms. The van der Waals surface area contributed by atoms with Crippen molar-refractivity contribution in [1.29, 1.82) is 0 Å². The third kappa shape index (κ3) is 22.1. The summed E-state index contributed by atoms with van der Waals surface area (Å²) in [5, 5.41) is 54.5. The molecule has 0 radical (unpaired) electrons. The van der Waals surface area contributed by atoms with Crippen LogP contribution in [0.4, 0.5) is 0 Å². The molecule has 0 saturated heterocycles. The summed E-state index contributed by atoms with van der Waals surface area (Å²) in [5.74, 6) is -8.50. The second kappa shape index (κ2) is 17.9. The Balaban J connectivity index is -0.0000000968. The Morgan fingerprint density at radius 3 is 1.12 bits per heavy atom. The van der Waals surface area contributed by atoms with Crippen LogP contribution in [0, 0.1) is 0 Å². The van der Waals surface area contributed by atoms with Crippen molar-refractivity contribution < 1.29 is 143 Å². The van der Waals surface area contributed by atoms with Gasteiger partial charge >= 0.3 is 101 Å². The van der Waals surface area contributed by atoms with Crippen LogP contribution in [0.1, 0.15) is 12.8 Å². The van der Waals surface area contributed by atoms with Crippen molar-refractivity contribution in [3.63, 3.8) is 0 Å². The number of hydrogen-bond acceptors (Lipinski definition) is 9. The van der Waals surface area contributed by atoms with Crippen LogP contribution in [0.5, 0.6) is 0 Å². The summed E-state index contributed by atoms with van der Waals surface area (Å²) in [6, 6.07) is 0. The van der Waals surface area contributed by atoms with Crippen molar-refractivity contribution in [2.45, 2.75) is 18.4 Å². The fourth-order valence-corrected chi connectivity index (χ4v) is 0.827. The van der Waals surface area contributed by atoms with Crippen molar-refractivity contribution in [2.24, 2.45) is 0 Å². The Labute approximate surface area is 201 Å². The minimum absolute atomic E-state index is 0. The second-order valence-electron chi connectivity index (χ2n) is 3.43. The van der Waals surface area contributed by atoms with E-state index < -0.39 is 48.3 Å². The quantitative estimate of drug-likeness (QED) is 0.281. The van der Waals surface area contributed by atoms with E-state index in [4.69, 9.17) is 15.3 Å². The van der Waals surface area contributed by atoms with Crippen LogP contribution < -0.4 is 104 Å². The normalized spacial score (nSPS) is 9.04. The molecule has 0 aliphatic carbocycles. The van der Waals surface area contributed by atoms with Crippen LogP contribution in [0.15, 0.2) is 12.2 Å². The summed E-state index contributed by atoms with van der Waals surface area (Å²) in [4.78, 5) is 49.1. The monoisotopic (exact) mass is 374 g/mol. The zero-order valence-corrected chi connectivity index (χ0v) is 19.2. The molecule has 0 rings (SSSR count). The zero-order valence-electron chi connectivity index (χ0n) is 13.2. The second-order valence-corrected chi connectivity index (χ2v) is 3.43. The number of rotatable bonds is 7. The van der Waals surface area contributed by atoms with Gasteiger partial charge in [-0.15, -0.1) is 0 Å². The van der Waals surface area contributed by atoms with E-state index in [9.17, 15) is 39.3 Å². The van der Waals surface area contributed by atoms with Crippen molar-refractivity contribution in [3.8, 4) is 0 Å². The molecule has 0 aromatic heterocycles. The van der Waals surface area contributed by atoms with Gasteiger partial charge in [-0.3, -0.25) is 0 Å². The molecule has 0 spiro atoms. The molecule has 0 heterocycles. The largest absolute Gasteiger partial charge is 1.00 e. The maximum Gasteiger partial charge on any atom is 1.00 e. The van der Waals surface area contributed by atoms with Gasteiger partial charge in [0, 0.05) is 36.9 Å². The van der Waals surface area contributed by atoms with Crippen molar-refractivity contribution in [1.82, 2.24) is 0 Å². The molecule has 0 amide bonds. The molecule has 0 saturated carbocycles. The van der Waals surface area contributed by atoms with Crippen LogP contribution in [-0.2, 0) is 24.0 Å². The third-order valence-electron chi connectivity index (χ3n) is 1.62. The van der Waals surface area contributed by atoms with Crippen LogP contribution in [0.25, 0.3) is 0 Å². The Morgan fingerprint density at radius 1 is 0.750 bits per heavy atom. The molecule has 0 aliphatic rings. The fourth-order valence-electron chi connectivity index (χ4n) is 0.827. The van der Waals surface area contributed by atoms with E-state index in [0.29, 0.717) is 12.2 Å². The number of carbonyl (C=O) groups excluding carboxylic acids is 3. The van der Waals surface area contributed by atoms with E-state index in [-0.39, 0.29) is 88.7 Å². The summed E-state index contributed by atoms with van der Waals surface area (Å²) in [7, 11) is 0. The summed E-state index contributed by atoms with van der Waals surface area (Å²) < 4.78 is 0. The van der Waals surface area contributed by atoms with E-state index in [0.717, 1.165) is 0 Å². The van der Waals surface area contributed by atoms with E-state index in [2.05, 4.69) is 0 Å². The van der Waals surface area contributed by atoms with Gasteiger partial charge in [0.05, 0.1) is 5.97 Å². The minimum Gasteiger partial charge on any atom is -0.550 e. The number of aliphatic carboxylic acids is 5. The van der Waals surface area contributed by atoms with Crippen molar-refractivity contribution in [3.05, 3.63) is 12.2 Å². The van der Waals surface area contributed by atoms with E-state index in [1.54, 1.807) is 0 Å². The van der Waals surface area contributed by atoms with Gasteiger partial charge in [-0.2, -0.15) is 0 Å². The average Bonchev–Trinajstić information content (AvgIpc) is 2.24. The predicted octanol–water partition coefficient (Wildman–Crippen LogP) is -14.5. The Bertz CT molecular complexity index is 443. The zero-order chi connectivity index (χ0) is 17.2. The summed E-state index contributed by atoms with van der Waals surface area (Å²) in [6.07, 6.45) is -1.60. The molecule has 118 valence electrons. The first-order valence-electron chi connectivity index (χ1n) is 4.88. The maximum absolute atomic E-state index is 10.1. The van der Waals surface area contributed by atoms with Gasteiger partial charge < -0.3 is 45.0 Å². The average molecular weight is 374 g/mol. The molecule has 0 aliphatic heterocycles. The molecule has 0 atom stereocenters. The topological polar surface area (TPSA) is 215 Å². The van der Waals surface area contributed by atoms with Crippen molar-refractivity contribution in [2.75, 3.05) is 0 Å². The number of carbonyl (C=O) groups is 5. The van der Waals surface area contributed by atoms with Crippen LogP contribution in [0.3, 0.4) is 0 Å². The summed E-state index contributed by atoms with van der Waals surface area (Å²) in [5.41, 5.74) is -2.97. The van der Waals surface area contributed by atoms with E-state index >= 15 is 0 Å². The molecule has 0 aromatic rings. The molecule has 0 fully saturated rings. The number of aliphatic hydroxyl groups is 1. The first kappa shape index (κ1) is 35.2. The standard InChI is InChI=1S/C6H8O7.C4H4O4.3Na/c7-3(8)1-6(13,5(11)12)2-4(9)10;5-3(6)1-2-4(7)8;;;/h13H,1-2H2,(H,7,8)(H,9,10)(H,11,12);1-2H,(H,5,6)(H,7,8);;;/q;;3*+1/p-3. The van der Waals surface area contributed by atoms with E-state index in [1.807, 2.05) is 0 Å². The molecular formula is C10H9Na3O11.